The van der Waals surface area contributed by atoms with Gasteiger partial charge in [-0.2, -0.15) is 0 Å². The van der Waals surface area contributed by atoms with Gasteiger partial charge in [0.15, 0.2) is 0 Å². The Labute approximate surface area is 95.9 Å². The Morgan fingerprint density at radius 2 is 1.88 bits per heavy atom. The molecule has 1 atom stereocenters. The summed E-state index contributed by atoms with van der Waals surface area (Å²) in [4.78, 5) is 2.14. The third-order valence-electron chi connectivity index (χ3n) is 2.66. The van der Waals surface area contributed by atoms with Crippen molar-refractivity contribution in [1.82, 2.24) is 4.90 Å². The molecule has 0 heterocycles. The number of benzene rings is 1. The van der Waals surface area contributed by atoms with Gasteiger partial charge >= 0.3 is 0 Å². The molecule has 1 aliphatic rings. The van der Waals surface area contributed by atoms with E-state index in [0.717, 1.165) is 12.1 Å². The highest BCUT2D eigenvalue weighted by Crippen LogP contribution is 2.26. The van der Waals surface area contributed by atoms with Crippen molar-refractivity contribution in [1.29, 1.82) is 0 Å². The standard InChI is InChI=1S/C14H16FN/c1-16(2)10-11-3-4-13(9-11)12-5-7-14(15)8-6-12/h3-9,13H,10H2,1-2H3. The van der Waals surface area contributed by atoms with E-state index in [1.807, 2.05) is 12.1 Å². The Balaban J connectivity index is 2.11. The molecule has 0 aliphatic heterocycles. The summed E-state index contributed by atoms with van der Waals surface area (Å²) in [5, 5.41) is 0. The Morgan fingerprint density at radius 3 is 2.50 bits per heavy atom. The highest BCUT2D eigenvalue weighted by Gasteiger charge is 2.11. The molecule has 84 valence electrons. The van der Waals surface area contributed by atoms with Gasteiger partial charge in [0.1, 0.15) is 5.82 Å². The topological polar surface area (TPSA) is 3.24 Å². The van der Waals surface area contributed by atoms with Crippen LogP contribution in [0, 0.1) is 5.82 Å². The molecule has 0 radical (unpaired) electrons. The quantitative estimate of drug-likeness (QED) is 0.752. The van der Waals surface area contributed by atoms with Crippen molar-refractivity contribution in [3.63, 3.8) is 0 Å². The fourth-order valence-corrected chi connectivity index (χ4v) is 1.93. The molecule has 0 amide bonds. The molecule has 2 heteroatoms. The Morgan fingerprint density at radius 1 is 1.19 bits per heavy atom. The summed E-state index contributed by atoms with van der Waals surface area (Å²) in [7, 11) is 4.11. The molecule has 2 rings (SSSR count). The van der Waals surface area contributed by atoms with Gasteiger partial charge < -0.3 is 4.90 Å². The summed E-state index contributed by atoms with van der Waals surface area (Å²) in [6.07, 6.45) is 6.54. The molecule has 1 aromatic rings. The van der Waals surface area contributed by atoms with Gasteiger partial charge in [0, 0.05) is 12.5 Å². The molecule has 0 aromatic heterocycles. The van der Waals surface area contributed by atoms with Gasteiger partial charge in [-0.05, 0) is 37.4 Å². The fourth-order valence-electron chi connectivity index (χ4n) is 1.93. The zero-order valence-electron chi connectivity index (χ0n) is 9.65. The molecule has 0 saturated carbocycles. The van der Waals surface area contributed by atoms with Crippen LogP contribution < -0.4 is 0 Å². The minimum atomic E-state index is -0.178. The maximum atomic E-state index is 12.8. The zero-order valence-corrected chi connectivity index (χ0v) is 9.65. The monoisotopic (exact) mass is 217 g/mol. The number of halogens is 1. The van der Waals surface area contributed by atoms with E-state index in [1.165, 1.54) is 17.7 Å². The molecular weight excluding hydrogens is 201 g/mol. The van der Waals surface area contributed by atoms with Crippen LogP contribution in [0.1, 0.15) is 11.5 Å². The Kier molecular flexibility index (Phi) is 3.20. The van der Waals surface area contributed by atoms with E-state index in [9.17, 15) is 4.39 Å². The lowest BCUT2D eigenvalue weighted by molar-refractivity contribution is 0.449. The van der Waals surface area contributed by atoms with Gasteiger partial charge in [-0.25, -0.2) is 4.39 Å². The zero-order chi connectivity index (χ0) is 11.5. The normalized spacial score (nSPS) is 19.2. The molecular formula is C14H16FN. The van der Waals surface area contributed by atoms with Crippen molar-refractivity contribution in [2.75, 3.05) is 20.6 Å². The number of rotatable bonds is 3. The van der Waals surface area contributed by atoms with Crippen LogP contribution in [0.25, 0.3) is 0 Å². The van der Waals surface area contributed by atoms with Crippen LogP contribution >= 0.6 is 0 Å². The highest BCUT2D eigenvalue weighted by molar-refractivity contribution is 5.40. The van der Waals surface area contributed by atoms with E-state index in [0.29, 0.717) is 5.92 Å². The molecule has 0 N–H and O–H groups in total. The lowest BCUT2D eigenvalue weighted by Crippen LogP contribution is -2.13. The lowest BCUT2D eigenvalue weighted by Gasteiger charge is -2.09. The van der Waals surface area contributed by atoms with E-state index in [2.05, 4.69) is 37.2 Å². The molecule has 0 fully saturated rings. The fraction of sp³-hybridized carbons (Fsp3) is 0.286. The summed E-state index contributed by atoms with van der Waals surface area (Å²) in [5.74, 6) is 0.124. The predicted octanol–water partition coefficient (Wildman–Crippen LogP) is 2.97. The van der Waals surface area contributed by atoms with Crippen molar-refractivity contribution in [2.45, 2.75) is 5.92 Å². The number of likely N-dealkylation sites (N-methyl/N-ethyl adjacent to an activating group) is 1. The summed E-state index contributed by atoms with van der Waals surface area (Å²) in [5.41, 5.74) is 2.46. The van der Waals surface area contributed by atoms with Crippen LogP contribution in [-0.4, -0.2) is 25.5 Å². The Bertz CT molecular complexity index is 415. The number of allylic oxidation sites excluding steroid dienone is 2. The first-order valence-electron chi connectivity index (χ1n) is 5.44. The first kappa shape index (κ1) is 11.1. The molecule has 1 unspecified atom stereocenters. The van der Waals surface area contributed by atoms with Crippen molar-refractivity contribution in [3.05, 3.63) is 59.4 Å². The van der Waals surface area contributed by atoms with Crippen molar-refractivity contribution in [3.8, 4) is 0 Å². The third-order valence-corrected chi connectivity index (χ3v) is 2.66. The number of nitrogens with zero attached hydrogens (tertiary/aromatic N) is 1. The second kappa shape index (κ2) is 4.62. The van der Waals surface area contributed by atoms with E-state index in [1.54, 1.807) is 0 Å². The van der Waals surface area contributed by atoms with E-state index >= 15 is 0 Å². The molecule has 1 nitrogen and oxygen atoms in total. The maximum absolute atomic E-state index is 12.8. The number of hydrogen-bond acceptors (Lipinski definition) is 1. The van der Waals surface area contributed by atoms with E-state index in [-0.39, 0.29) is 5.82 Å². The van der Waals surface area contributed by atoms with Gasteiger partial charge in [-0.1, -0.05) is 30.4 Å². The van der Waals surface area contributed by atoms with Crippen molar-refractivity contribution >= 4 is 0 Å². The second-order valence-electron chi connectivity index (χ2n) is 4.42. The highest BCUT2D eigenvalue weighted by atomic mass is 19.1. The van der Waals surface area contributed by atoms with E-state index in [4.69, 9.17) is 0 Å². The minimum absolute atomic E-state index is 0.178. The van der Waals surface area contributed by atoms with Crippen molar-refractivity contribution in [2.24, 2.45) is 0 Å². The Hall–Kier alpha value is -1.41. The van der Waals surface area contributed by atoms with Crippen LogP contribution in [0.2, 0.25) is 0 Å². The van der Waals surface area contributed by atoms with E-state index < -0.39 is 0 Å². The molecule has 0 spiro atoms. The van der Waals surface area contributed by atoms with Gasteiger partial charge in [-0.3, -0.25) is 0 Å². The number of hydrogen-bond donors (Lipinski definition) is 0. The van der Waals surface area contributed by atoms with Crippen LogP contribution in [-0.2, 0) is 0 Å². The average molecular weight is 217 g/mol. The largest absolute Gasteiger partial charge is 0.305 e. The van der Waals surface area contributed by atoms with Crippen LogP contribution in [0.3, 0.4) is 0 Å². The first-order valence-corrected chi connectivity index (χ1v) is 5.44. The smallest absolute Gasteiger partial charge is 0.123 e. The third kappa shape index (κ3) is 2.58. The van der Waals surface area contributed by atoms with Gasteiger partial charge in [0.05, 0.1) is 0 Å². The van der Waals surface area contributed by atoms with Crippen LogP contribution in [0.4, 0.5) is 4.39 Å². The molecule has 16 heavy (non-hydrogen) atoms. The second-order valence-corrected chi connectivity index (χ2v) is 4.42. The van der Waals surface area contributed by atoms with Gasteiger partial charge in [0.2, 0.25) is 0 Å². The SMILES string of the molecule is CN(C)CC1=CC(c2ccc(F)cc2)C=C1. The first-order chi connectivity index (χ1) is 7.65. The summed E-state index contributed by atoms with van der Waals surface area (Å²) in [6.45, 7) is 0.953. The maximum Gasteiger partial charge on any atom is 0.123 e. The average Bonchev–Trinajstić information content (AvgIpc) is 2.66. The predicted molar refractivity (Wildman–Crippen MR) is 64.9 cm³/mol. The summed E-state index contributed by atoms with van der Waals surface area (Å²) in [6, 6.07) is 6.72. The molecule has 1 aromatic carbocycles. The lowest BCUT2D eigenvalue weighted by atomic mass is 10.0. The molecule has 0 saturated heterocycles. The molecule has 0 bridgehead atoms. The summed E-state index contributed by atoms with van der Waals surface area (Å²) < 4.78 is 12.8. The van der Waals surface area contributed by atoms with Crippen LogP contribution in [0.15, 0.2) is 48.1 Å². The van der Waals surface area contributed by atoms with Gasteiger partial charge in [-0.15, -0.1) is 0 Å². The van der Waals surface area contributed by atoms with Crippen molar-refractivity contribution < 1.29 is 4.39 Å². The molecule has 1 aliphatic carbocycles. The van der Waals surface area contributed by atoms with Gasteiger partial charge in [0.25, 0.3) is 0 Å². The minimum Gasteiger partial charge on any atom is -0.305 e. The van der Waals surface area contributed by atoms with Crippen LogP contribution in [0.5, 0.6) is 0 Å². The summed E-state index contributed by atoms with van der Waals surface area (Å²) >= 11 is 0.